The molecule has 1 saturated heterocycles. The second-order valence-electron chi connectivity index (χ2n) is 10.7. The smallest absolute Gasteiger partial charge is 0.410 e. The number of benzene rings is 1. The van der Waals surface area contributed by atoms with E-state index in [0.29, 0.717) is 25.7 Å². The van der Waals surface area contributed by atoms with Gasteiger partial charge in [-0.3, -0.25) is 30.6 Å². The van der Waals surface area contributed by atoms with Gasteiger partial charge in [0.05, 0.1) is 6.04 Å². The molecule has 0 bridgehead atoms. The Balaban J connectivity index is 1.53. The minimum Gasteiger partial charge on any atom is -0.417 e. The van der Waals surface area contributed by atoms with Crippen molar-refractivity contribution in [3.05, 3.63) is 35.4 Å². The number of nitrogens with two attached hydrogens (primary N) is 3. The number of rotatable bonds is 10. The van der Waals surface area contributed by atoms with E-state index in [1.165, 1.54) is 4.90 Å². The number of carbonyl (C=O) groups excluding carboxylic acids is 5. The van der Waals surface area contributed by atoms with E-state index in [-0.39, 0.29) is 24.3 Å². The molecule has 1 aromatic rings. The number of nitrogens with one attached hydrogen (secondary N) is 2. The molecule has 2 aliphatic carbocycles. The molecule has 1 heterocycles. The molecule has 4 amide bonds. The van der Waals surface area contributed by atoms with Gasteiger partial charge in [-0.2, -0.15) is 0 Å². The predicted molar refractivity (Wildman–Crippen MR) is 136 cm³/mol. The first kappa shape index (κ1) is 27.5. The van der Waals surface area contributed by atoms with E-state index in [9.17, 15) is 24.0 Å². The normalized spacial score (nSPS) is 22.5. The van der Waals surface area contributed by atoms with Gasteiger partial charge in [-0.25, -0.2) is 4.79 Å². The van der Waals surface area contributed by atoms with Crippen LogP contribution in [0.15, 0.2) is 24.3 Å². The lowest BCUT2D eigenvalue weighted by molar-refractivity contribution is -0.142. The van der Waals surface area contributed by atoms with Gasteiger partial charge >= 0.3 is 6.09 Å². The van der Waals surface area contributed by atoms with Gasteiger partial charge in [0.2, 0.25) is 23.9 Å². The molecule has 1 aliphatic heterocycles. The number of hydrogen-bond acceptors (Lipinski definition) is 8. The Kier molecular flexibility index (Phi) is 8.32. The number of alkyl carbamates (subject to hydrolysis) is 1. The van der Waals surface area contributed by atoms with Crippen LogP contribution in [0.3, 0.4) is 0 Å². The zero-order chi connectivity index (χ0) is 27.6. The van der Waals surface area contributed by atoms with Crippen molar-refractivity contribution in [3.63, 3.8) is 0 Å². The number of Topliss-reactive ketones (excluding diaryl/α,β-unsaturated/α-hetero) is 1. The third-order valence-corrected chi connectivity index (χ3v) is 7.57. The first-order valence-corrected chi connectivity index (χ1v) is 13.0. The van der Waals surface area contributed by atoms with Crippen LogP contribution in [0.5, 0.6) is 0 Å². The quantitative estimate of drug-likeness (QED) is 0.193. The molecule has 1 saturated carbocycles. The Hall–Kier alpha value is -3.51. The highest BCUT2D eigenvalue weighted by molar-refractivity contribution is 6.37. The molecule has 3 unspecified atom stereocenters. The van der Waals surface area contributed by atoms with Gasteiger partial charge in [0.15, 0.2) is 0 Å². The van der Waals surface area contributed by atoms with Crippen LogP contribution >= 0.6 is 0 Å². The molecular formula is C26H36N6O6. The van der Waals surface area contributed by atoms with E-state index in [1.54, 1.807) is 0 Å². The van der Waals surface area contributed by atoms with E-state index < -0.39 is 54.1 Å². The largest absolute Gasteiger partial charge is 0.417 e. The van der Waals surface area contributed by atoms with Crippen molar-refractivity contribution in [2.24, 2.45) is 35.0 Å². The van der Waals surface area contributed by atoms with Crippen LogP contribution in [0.1, 0.15) is 43.7 Å². The molecule has 4 rings (SSSR count). The highest BCUT2D eigenvalue weighted by Gasteiger charge is 2.45. The zero-order valence-electron chi connectivity index (χ0n) is 21.4. The molecule has 4 atom stereocenters. The number of likely N-dealkylation sites (tertiary alicyclic amines) is 1. The summed E-state index contributed by atoms with van der Waals surface area (Å²) in [6, 6.07) is 4.90. The molecule has 1 aromatic carbocycles. The number of fused-ring (bicyclic) bond motifs is 1. The van der Waals surface area contributed by atoms with E-state index in [0.717, 1.165) is 24.0 Å². The SMILES string of the molecule is C[C@@H]1CC(C(=O)NC(CC2CC2)C(=O)C(N)=O)N(C(=O)C(NC(=O)OC(N)N)C2Cc3ccccc3C2)C1. The Morgan fingerprint density at radius 1 is 1.05 bits per heavy atom. The van der Waals surface area contributed by atoms with Gasteiger partial charge in [0.1, 0.15) is 12.1 Å². The summed E-state index contributed by atoms with van der Waals surface area (Å²) in [5, 5.41) is 5.30. The number of amides is 4. The molecule has 2 fully saturated rings. The lowest BCUT2D eigenvalue weighted by Crippen LogP contribution is -2.58. The van der Waals surface area contributed by atoms with Crippen LogP contribution in [0, 0.1) is 17.8 Å². The summed E-state index contributed by atoms with van der Waals surface area (Å²) in [4.78, 5) is 65.2. The number of primary amides is 1. The van der Waals surface area contributed by atoms with E-state index >= 15 is 0 Å². The minimum absolute atomic E-state index is 0.00531. The zero-order valence-corrected chi connectivity index (χ0v) is 21.4. The second-order valence-corrected chi connectivity index (χ2v) is 10.7. The van der Waals surface area contributed by atoms with Crippen molar-refractivity contribution in [2.45, 2.75) is 69.9 Å². The molecule has 12 heteroatoms. The molecule has 3 aliphatic rings. The first-order valence-electron chi connectivity index (χ1n) is 13.0. The van der Waals surface area contributed by atoms with Crippen LogP contribution in [0.4, 0.5) is 4.79 Å². The fourth-order valence-corrected chi connectivity index (χ4v) is 5.57. The Bertz CT molecular complexity index is 1080. The summed E-state index contributed by atoms with van der Waals surface area (Å²) >= 11 is 0. The molecule has 206 valence electrons. The molecule has 0 spiro atoms. The lowest BCUT2D eigenvalue weighted by atomic mass is 9.95. The number of ether oxygens (including phenoxy) is 1. The summed E-state index contributed by atoms with van der Waals surface area (Å²) in [6.07, 6.45) is 1.36. The van der Waals surface area contributed by atoms with Crippen LogP contribution in [-0.4, -0.2) is 65.5 Å². The highest BCUT2D eigenvalue weighted by Crippen LogP contribution is 2.34. The molecule has 12 nitrogen and oxygen atoms in total. The first-order chi connectivity index (χ1) is 18.0. The number of carbonyl (C=O) groups is 5. The summed E-state index contributed by atoms with van der Waals surface area (Å²) < 4.78 is 4.84. The van der Waals surface area contributed by atoms with Crippen molar-refractivity contribution < 1.29 is 28.7 Å². The number of hydrogen-bond donors (Lipinski definition) is 5. The Labute approximate surface area is 221 Å². The maximum atomic E-state index is 14.0. The summed E-state index contributed by atoms with van der Waals surface area (Å²) in [7, 11) is 0. The van der Waals surface area contributed by atoms with Crippen molar-refractivity contribution in [1.29, 1.82) is 0 Å². The summed E-state index contributed by atoms with van der Waals surface area (Å²) in [5.74, 6) is -2.95. The van der Waals surface area contributed by atoms with Gasteiger partial charge in [-0.05, 0) is 54.6 Å². The summed E-state index contributed by atoms with van der Waals surface area (Å²) in [6.45, 7) is 2.20. The number of nitrogens with zero attached hydrogens (tertiary/aromatic N) is 1. The molecule has 8 N–H and O–H groups in total. The van der Waals surface area contributed by atoms with Gasteiger partial charge in [-0.1, -0.05) is 44.0 Å². The monoisotopic (exact) mass is 528 g/mol. The topological polar surface area (TPSA) is 200 Å². The number of ketones is 1. The van der Waals surface area contributed by atoms with Crippen molar-refractivity contribution in [1.82, 2.24) is 15.5 Å². The second kappa shape index (κ2) is 11.5. The standard InChI is InChI=1S/C26H36N6O6/c1-13-8-19(23(35)30-18(9-14-6-7-14)21(33)22(27)34)32(12-13)24(36)20(31-26(37)38-25(28)29)17-10-15-4-2-3-5-16(15)11-17/h2-5,13-14,17-20,25H,6-12,28-29H2,1H3,(H2,27,34)(H,30,35)(H,31,37)/t13-,18?,19?,20?/m1/s1. The minimum atomic E-state index is -1.36. The maximum Gasteiger partial charge on any atom is 0.410 e. The third kappa shape index (κ3) is 6.48. The van der Waals surface area contributed by atoms with E-state index in [1.807, 2.05) is 31.2 Å². The fraction of sp³-hybridized carbons (Fsp3) is 0.577. The van der Waals surface area contributed by atoms with Crippen molar-refractivity contribution >= 4 is 29.6 Å². The van der Waals surface area contributed by atoms with Crippen LogP contribution in [0.2, 0.25) is 0 Å². The Morgan fingerprint density at radius 3 is 2.24 bits per heavy atom. The molecule has 0 aromatic heterocycles. The lowest BCUT2D eigenvalue weighted by Gasteiger charge is -2.32. The maximum absolute atomic E-state index is 14.0. The third-order valence-electron chi connectivity index (χ3n) is 7.57. The van der Waals surface area contributed by atoms with Crippen molar-refractivity contribution in [3.8, 4) is 0 Å². The van der Waals surface area contributed by atoms with Gasteiger partial charge in [-0.15, -0.1) is 0 Å². The Morgan fingerprint density at radius 2 is 1.68 bits per heavy atom. The average molecular weight is 529 g/mol. The van der Waals surface area contributed by atoms with Crippen LogP contribution in [0.25, 0.3) is 0 Å². The van der Waals surface area contributed by atoms with Crippen LogP contribution < -0.4 is 27.8 Å². The van der Waals surface area contributed by atoms with E-state index in [4.69, 9.17) is 21.9 Å². The summed E-state index contributed by atoms with van der Waals surface area (Å²) in [5.41, 5.74) is 18.1. The molecule has 38 heavy (non-hydrogen) atoms. The average Bonchev–Trinajstić information content (AvgIpc) is 3.42. The van der Waals surface area contributed by atoms with Crippen LogP contribution in [-0.2, 0) is 36.8 Å². The molecular weight excluding hydrogens is 492 g/mol. The fourth-order valence-electron chi connectivity index (χ4n) is 5.57. The van der Waals surface area contributed by atoms with Gasteiger partial charge in [0, 0.05) is 6.54 Å². The van der Waals surface area contributed by atoms with E-state index in [2.05, 4.69) is 10.6 Å². The van der Waals surface area contributed by atoms with Gasteiger partial charge < -0.3 is 26.0 Å². The predicted octanol–water partition coefficient (Wildman–Crippen LogP) is -0.726. The van der Waals surface area contributed by atoms with Crippen molar-refractivity contribution in [2.75, 3.05) is 6.54 Å². The molecule has 0 radical (unpaired) electrons. The van der Waals surface area contributed by atoms with Gasteiger partial charge in [0.25, 0.3) is 5.91 Å². The highest BCUT2D eigenvalue weighted by atomic mass is 16.6.